The Balaban J connectivity index is 1.24. The van der Waals surface area contributed by atoms with Gasteiger partial charge in [0.2, 0.25) is 0 Å². The van der Waals surface area contributed by atoms with Gasteiger partial charge in [0.1, 0.15) is 0 Å². The molecule has 8 nitrogen and oxygen atoms in total. The van der Waals surface area contributed by atoms with Gasteiger partial charge >= 0.3 is 193 Å². The molecule has 36 heavy (non-hydrogen) atoms. The van der Waals surface area contributed by atoms with Gasteiger partial charge < -0.3 is 0 Å². The summed E-state index contributed by atoms with van der Waals surface area (Å²) in [6.45, 7) is 5.06. The fourth-order valence-electron chi connectivity index (χ4n) is 4.58. The van der Waals surface area contributed by atoms with Gasteiger partial charge in [-0.25, -0.2) is 0 Å². The maximum atomic E-state index is 13.2. The van der Waals surface area contributed by atoms with E-state index in [4.69, 9.17) is 4.74 Å². The van der Waals surface area contributed by atoms with Crippen molar-refractivity contribution in [2.75, 3.05) is 19.7 Å². The van der Waals surface area contributed by atoms with E-state index >= 15 is 0 Å². The van der Waals surface area contributed by atoms with E-state index < -0.39 is 22.9 Å². The number of nitrogens with zero attached hydrogens (tertiary/aromatic N) is 2. The average Bonchev–Trinajstić information content (AvgIpc) is 3.44. The van der Waals surface area contributed by atoms with Crippen molar-refractivity contribution in [1.29, 1.82) is 0 Å². The summed E-state index contributed by atoms with van der Waals surface area (Å²) in [7, 11) is 0. The zero-order valence-corrected chi connectivity index (χ0v) is 24.1. The van der Waals surface area contributed by atoms with Crippen molar-refractivity contribution in [1.82, 2.24) is 20.2 Å². The molecule has 3 heterocycles. The Morgan fingerprint density at radius 3 is 2.81 bits per heavy atom. The summed E-state index contributed by atoms with van der Waals surface area (Å²) in [4.78, 5) is 47.7. The molecule has 1 radical (unpaired) electrons. The molecular formula is C27H32InN4O4. The van der Waals surface area contributed by atoms with Crippen LogP contribution < -0.4 is 10.1 Å². The Labute approximate surface area is 222 Å². The van der Waals surface area contributed by atoms with E-state index in [1.807, 2.05) is 42.6 Å². The van der Waals surface area contributed by atoms with Crippen molar-refractivity contribution < 1.29 is 19.1 Å². The first-order valence-electron chi connectivity index (χ1n) is 12.3. The number of amides is 2. The van der Waals surface area contributed by atoms with Crippen LogP contribution >= 0.6 is 0 Å². The van der Waals surface area contributed by atoms with E-state index in [0.717, 1.165) is 26.5 Å². The summed E-state index contributed by atoms with van der Waals surface area (Å²) in [6.07, 6.45) is 5.07. The second-order valence-electron chi connectivity index (χ2n) is 10.0. The molecular weight excluding hydrogens is 559 g/mol. The monoisotopic (exact) mass is 591 g/mol. The number of H-pyrrole nitrogens is 1. The third kappa shape index (κ3) is 7.12. The summed E-state index contributed by atoms with van der Waals surface area (Å²) in [5.41, 5.74) is 1.96. The van der Waals surface area contributed by atoms with Crippen LogP contribution in [0.3, 0.4) is 0 Å². The van der Waals surface area contributed by atoms with E-state index in [9.17, 15) is 14.4 Å². The molecule has 0 spiro atoms. The predicted octanol–water partition coefficient (Wildman–Crippen LogP) is 2.90. The van der Waals surface area contributed by atoms with Crippen molar-refractivity contribution in [3.05, 3.63) is 60.6 Å². The van der Waals surface area contributed by atoms with Crippen LogP contribution in [0.2, 0.25) is 0 Å². The minimum absolute atomic E-state index is 0.0828. The van der Waals surface area contributed by atoms with Gasteiger partial charge in [-0.3, -0.25) is 0 Å². The maximum absolute atomic E-state index is 13.2. The van der Waals surface area contributed by atoms with E-state index in [2.05, 4.69) is 35.2 Å². The van der Waals surface area contributed by atoms with Crippen molar-refractivity contribution >= 4 is 49.2 Å². The van der Waals surface area contributed by atoms with E-state index in [-0.39, 0.29) is 39.8 Å². The Hall–Kier alpha value is -2.81. The first kappa shape index (κ1) is 26.3. The Kier molecular flexibility index (Phi) is 8.72. The molecule has 2 amide bonds. The molecule has 1 aliphatic rings. The fourth-order valence-corrected chi connectivity index (χ4v) is 8.03. The van der Waals surface area contributed by atoms with Crippen LogP contribution in [-0.4, -0.2) is 78.9 Å². The number of benzene rings is 1. The number of pyridine rings is 1. The van der Waals surface area contributed by atoms with Crippen LogP contribution in [0, 0.1) is 5.41 Å². The van der Waals surface area contributed by atoms with E-state index in [0.29, 0.717) is 26.0 Å². The van der Waals surface area contributed by atoms with Crippen LogP contribution in [0.25, 0.3) is 10.9 Å². The molecule has 0 unspecified atom stereocenters. The number of nitrogens with one attached hydrogen (secondary N) is 2. The van der Waals surface area contributed by atoms with Crippen molar-refractivity contribution in [2.45, 2.75) is 43.3 Å². The molecule has 1 aliphatic heterocycles. The van der Waals surface area contributed by atoms with Gasteiger partial charge in [-0.2, -0.15) is 0 Å². The summed E-state index contributed by atoms with van der Waals surface area (Å²) in [5, 5.41) is 3.77. The number of rotatable bonds is 11. The molecule has 2 aromatic heterocycles. The second kappa shape index (κ2) is 12.0. The van der Waals surface area contributed by atoms with Crippen LogP contribution in [0.1, 0.15) is 38.8 Å². The van der Waals surface area contributed by atoms with Crippen LogP contribution in [-0.2, 0) is 18.6 Å². The van der Waals surface area contributed by atoms with Gasteiger partial charge in [0, 0.05) is 0 Å². The van der Waals surface area contributed by atoms with E-state index in [1.165, 1.54) is 0 Å². The SMILES string of the molecule is CC1(C)C[C@@H]([C](=O)[In][CH2]c2cc3cnccc3[nH]2)N(C(=O)CNC(=O)CCCOc2ccccc2)C1. The molecule has 1 aromatic carbocycles. The molecule has 1 fully saturated rings. The number of para-hydroxylation sites is 1. The van der Waals surface area contributed by atoms with Crippen molar-refractivity contribution in [2.24, 2.45) is 5.41 Å². The molecule has 0 bridgehead atoms. The number of likely N-dealkylation sites (tertiary alicyclic amines) is 1. The number of carbonyl (C=O) groups is 3. The molecule has 0 aliphatic carbocycles. The molecule has 3 aromatic rings. The minimum atomic E-state index is -1.63. The molecule has 4 rings (SSSR count). The van der Waals surface area contributed by atoms with Gasteiger partial charge in [0.25, 0.3) is 0 Å². The van der Waals surface area contributed by atoms with Crippen LogP contribution in [0.5, 0.6) is 5.75 Å². The van der Waals surface area contributed by atoms with E-state index in [1.54, 1.807) is 11.1 Å². The standard InChI is InChI=1S/C19H25N2O4.C8H7N2.In/c1-19(2)11-15(13-22)21(14-19)18(24)12-20-17(23)9-6-10-25-16-7-4-3-5-8-16;1-6-4-7-5-9-3-2-8(7)10-6;/h3-5,7-8,15H,6,9-12,14H2,1-2H3,(H,20,23);2-5,10H,1H2;/t15-;;/m0../s1. The van der Waals surface area contributed by atoms with Crippen molar-refractivity contribution in [3.63, 3.8) is 0 Å². The van der Waals surface area contributed by atoms with Gasteiger partial charge in [0.15, 0.2) is 0 Å². The summed E-state index contributed by atoms with van der Waals surface area (Å²) in [6, 6.07) is 13.1. The molecule has 1 atom stereocenters. The number of aromatic amines is 1. The zero-order chi connectivity index (χ0) is 25.5. The average molecular weight is 591 g/mol. The number of fused-ring (bicyclic) bond motifs is 1. The number of carbonyl (C=O) groups excluding carboxylic acids is 3. The number of aromatic nitrogens is 2. The summed E-state index contributed by atoms with van der Waals surface area (Å²) < 4.78 is 6.61. The van der Waals surface area contributed by atoms with Gasteiger partial charge in [-0.15, -0.1) is 0 Å². The Morgan fingerprint density at radius 2 is 2.03 bits per heavy atom. The molecule has 0 saturated carbocycles. The normalized spacial score (nSPS) is 16.6. The molecule has 1 saturated heterocycles. The van der Waals surface area contributed by atoms with Gasteiger partial charge in [0.05, 0.1) is 0 Å². The topological polar surface area (TPSA) is 104 Å². The summed E-state index contributed by atoms with van der Waals surface area (Å²) >= 11 is -1.63. The zero-order valence-electron chi connectivity index (χ0n) is 20.8. The Morgan fingerprint density at radius 1 is 1.22 bits per heavy atom. The number of ether oxygens (including phenoxy) is 1. The molecule has 187 valence electrons. The molecule has 2 N–H and O–H groups in total. The van der Waals surface area contributed by atoms with Crippen LogP contribution in [0.4, 0.5) is 0 Å². The Bertz CT molecular complexity index is 1180. The second-order valence-corrected chi connectivity index (χ2v) is 14.0. The fraction of sp³-hybridized carbons (Fsp3) is 0.407. The third-order valence-electron chi connectivity index (χ3n) is 6.37. The van der Waals surface area contributed by atoms with Gasteiger partial charge in [-0.1, -0.05) is 18.2 Å². The van der Waals surface area contributed by atoms with Crippen molar-refractivity contribution in [3.8, 4) is 5.75 Å². The summed E-state index contributed by atoms with van der Waals surface area (Å²) in [5.74, 6) is 0.395. The van der Waals surface area contributed by atoms with Gasteiger partial charge in [-0.05, 0) is 12.1 Å². The predicted molar refractivity (Wildman–Crippen MR) is 139 cm³/mol. The first-order valence-corrected chi connectivity index (χ1v) is 16.3. The number of hydrogen-bond donors (Lipinski definition) is 2. The molecule has 9 heteroatoms. The first-order chi connectivity index (χ1) is 17.3. The number of hydrogen-bond acceptors (Lipinski definition) is 5. The third-order valence-corrected chi connectivity index (χ3v) is 10.5. The quantitative estimate of drug-likeness (QED) is 0.334. The van der Waals surface area contributed by atoms with Crippen LogP contribution in [0.15, 0.2) is 54.9 Å².